The van der Waals surface area contributed by atoms with Crippen molar-refractivity contribution >= 4 is 38.6 Å². The van der Waals surface area contributed by atoms with Crippen molar-refractivity contribution in [3.05, 3.63) is 82.5 Å². The number of aromatic nitrogens is 4. The van der Waals surface area contributed by atoms with Crippen molar-refractivity contribution in [2.75, 3.05) is 10.0 Å². The smallest absolute Gasteiger partial charge is 0.264 e. The summed E-state index contributed by atoms with van der Waals surface area (Å²) in [7, 11) is -3.90. The van der Waals surface area contributed by atoms with Crippen molar-refractivity contribution < 1.29 is 13.2 Å². The molecule has 3 aromatic heterocycles. The summed E-state index contributed by atoms with van der Waals surface area (Å²) in [5, 5.41) is 2.99. The van der Waals surface area contributed by atoms with Gasteiger partial charge in [-0.05, 0) is 56.3 Å². The number of carbonyl (C=O) groups is 1. The van der Waals surface area contributed by atoms with E-state index in [-0.39, 0.29) is 16.4 Å². The van der Waals surface area contributed by atoms with Crippen molar-refractivity contribution in [2.24, 2.45) is 0 Å². The highest BCUT2D eigenvalue weighted by molar-refractivity contribution is 7.92. The van der Waals surface area contributed by atoms with Crippen LogP contribution in [-0.2, 0) is 16.6 Å². The first-order valence-corrected chi connectivity index (χ1v) is 11.5. The average molecular weight is 465 g/mol. The quantitative estimate of drug-likeness (QED) is 0.447. The maximum Gasteiger partial charge on any atom is 0.264 e. The van der Waals surface area contributed by atoms with E-state index in [4.69, 9.17) is 0 Å². The van der Waals surface area contributed by atoms with Gasteiger partial charge < -0.3 is 9.88 Å². The molecular formula is C22H20N6O4S. The first-order chi connectivity index (χ1) is 15.8. The number of rotatable bonds is 6. The van der Waals surface area contributed by atoms with E-state index < -0.39 is 21.4 Å². The van der Waals surface area contributed by atoms with Gasteiger partial charge in [0.1, 0.15) is 11.2 Å². The highest BCUT2D eigenvalue weighted by atomic mass is 32.2. The molecule has 0 fully saturated rings. The molecule has 0 aliphatic heterocycles. The number of aryl methyl sites for hydroxylation is 2. The van der Waals surface area contributed by atoms with Crippen molar-refractivity contribution in [2.45, 2.75) is 25.3 Å². The molecule has 0 unspecified atom stereocenters. The van der Waals surface area contributed by atoms with Crippen molar-refractivity contribution in [1.29, 1.82) is 0 Å². The van der Waals surface area contributed by atoms with Crippen LogP contribution in [0.5, 0.6) is 0 Å². The Morgan fingerprint density at radius 2 is 1.76 bits per heavy atom. The van der Waals surface area contributed by atoms with Gasteiger partial charge in [0.05, 0.1) is 10.3 Å². The summed E-state index contributed by atoms with van der Waals surface area (Å²) < 4.78 is 29.0. The lowest BCUT2D eigenvalue weighted by Crippen LogP contribution is -2.24. The Morgan fingerprint density at radius 3 is 2.42 bits per heavy atom. The Bertz CT molecular complexity index is 1500. The number of anilines is 2. The second kappa shape index (κ2) is 8.79. The van der Waals surface area contributed by atoms with Gasteiger partial charge in [-0.1, -0.05) is 0 Å². The number of sulfonamides is 1. The molecule has 0 aliphatic rings. The fourth-order valence-electron chi connectivity index (χ4n) is 3.21. The third-order valence-corrected chi connectivity index (χ3v) is 6.20. The molecule has 0 saturated heterocycles. The van der Waals surface area contributed by atoms with Crippen LogP contribution < -0.4 is 15.5 Å². The maximum absolute atomic E-state index is 12.9. The lowest BCUT2D eigenvalue weighted by molar-refractivity contribution is 0.102. The summed E-state index contributed by atoms with van der Waals surface area (Å²) >= 11 is 0. The minimum Gasteiger partial charge on any atom is -0.332 e. The Kier molecular flexibility index (Phi) is 5.88. The first kappa shape index (κ1) is 22.1. The highest BCUT2D eigenvalue weighted by Gasteiger charge is 2.18. The summed E-state index contributed by atoms with van der Waals surface area (Å²) in [4.78, 5) is 37.8. The topological polar surface area (TPSA) is 136 Å². The first-order valence-electron chi connectivity index (χ1n) is 10.0. The van der Waals surface area contributed by atoms with Crippen LogP contribution in [0.15, 0.2) is 70.7 Å². The third-order valence-electron chi connectivity index (χ3n) is 4.86. The largest absolute Gasteiger partial charge is 0.332 e. The highest BCUT2D eigenvalue weighted by Crippen LogP contribution is 2.17. The number of hydrogen-bond donors (Lipinski definition) is 2. The minimum atomic E-state index is -3.90. The second-order valence-corrected chi connectivity index (χ2v) is 8.82. The number of nitrogens with one attached hydrogen (secondary N) is 2. The van der Waals surface area contributed by atoms with E-state index >= 15 is 0 Å². The molecule has 0 bridgehead atoms. The number of nitrogens with zero attached hydrogens (tertiary/aromatic N) is 4. The van der Waals surface area contributed by atoms with Gasteiger partial charge in [0.2, 0.25) is 11.4 Å². The molecule has 0 atom stereocenters. The molecule has 0 saturated carbocycles. The predicted molar refractivity (Wildman–Crippen MR) is 124 cm³/mol. The van der Waals surface area contributed by atoms with Gasteiger partial charge in [-0.3, -0.25) is 9.59 Å². The van der Waals surface area contributed by atoms with Crippen molar-refractivity contribution in [3.63, 3.8) is 0 Å². The molecule has 1 amide bonds. The number of benzene rings is 1. The zero-order chi connectivity index (χ0) is 23.6. The summed E-state index contributed by atoms with van der Waals surface area (Å²) in [6.07, 6.45) is 4.31. The molecular weight excluding hydrogens is 444 g/mol. The van der Waals surface area contributed by atoms with Crippen LogP contribution in [0.4, 0.5) is 11.6 Å². The number of carbonyl (C=O) groups excluding carboxylic acids is 1. The van der Waals surface area contributed by atoms with Crippen LogP contribution in [0.1, 0.15) is 23.0 Å². The molecule has 33 heavy (non-hydrogen) atoms. The Labute approximate surface area is 189 Å². The third kappa shape index (κ3) is 4.58. The summed E-state index contributed by atoms with van der Waals surface area (Å²) in [6, 6.07) is 10.5. The monoisotopic (exact) mass is 464 g/mol. The summed E-state index contributed by atoms with van der Waals surface area (Å²) in [5.74, 6) is -0.654. The minimum absolute atomic E-state index is 0.0328. The summed E-state index contributed by atoms with van der Waals surface area (Å²) in [6.45, 7) is 4.25. The van der Waals surface area contributed by atoms with Crippen LogP contribution in [-0.4, -0.2) is 33.8 Å². The van der Waals surface area contributed by atoms with Gasteiger partial charge in [0.15, 0.2) is 0 Å². The lowest BCUT2D eigenvalue weighted by Gasteiger charge is -2.12. The van der Waals surface area contributed by atoms with E-state index in [2.05, 4.69) is 25.0 Å². The average Bonchev–Trinajstić information content (AvgIpc) is 2.80. The molecule has 2 N–H and O–H groups in total. The van der Waals surface area contributed by atoms with E-state index in [1.807, 2.05) is 13.8 Å². The molecule has 10 nitrogen and oxygen atoms in total. The number of hydrogen-bond acceptors (Lipinski definition) is 7. The molecule has 0 aliphatic carbocycles. The van der Waals surface area contributed by atoms with Gasteiger partial charge in [-0.2, -0.15) is 0 Å². The van der Waals surface area contributed by atoms with Gasteiger partial charge in [0.25, 0.3) is 15.9 Å². The van der Waals surface area contributed by atoms with Gasteiger partial charge in [0, 0.05) is 36.5 Å². The van der Waals surface area contributed by atoms with E-state index in [0.29, 0.717) is 23.3 Å². The molecule has 3 heterocycles. The van der Waals surface area contributed by atoms with Crippen LogP contribution in [0.2, 0.25) is 0 Å². The molecule has 1 aromatic carbocycles. The fourth-order valence-corrected chi connectivity index (χ4v) is 4.17. The van der Waals surface area contributed by atoms with E-state index in [1.165, 1.54) is 42.9 Å². The standard InChI is InChI=1S/C22H20N6O4S/c1-3-28-13-18(19(29)17-10-5-14(2)25-20(17)28)21(30)26-15-6-8-16(9-7-15)33(31,32)27-22-23-11-4-12-24-22/h4-13H,3H2,1-2H3,(H,26,30)(H,23,24,27). The SMILES string of the molecule is CCn1cc(C(=O)Nc2ccc(S(=O)(=O)Nc3ncccn3)cc2)c(=O)c2ccc(C)nc21. The van der Waals surface area contributed by atoms with Gasteiger partial charge in [-0.15, -0.1) is 0 Å². The van der Waals surface area contributed by atoms with Crippen LogP contribution in [0, 0.1) is 6.92 Å². The Hall–Kier alpha value is -4.12. The number of amides is 1. The molecule has 4 aromatic rings. The Balaban J connectivity index is 1.58. The van der Waals surface area contributed by atoms with E-state index in [9.17, 15) is 18.0 Å². The molecule has 0 radical (unpaired) electrons. The zero-order valence-electron chi connectivity index (χ0n) is 17.8. The molecule has 4 rings (SSSR count). The molecule has 0 spiro atoms. The lowest BCUT2D eigenvalue weighted by atomic mass is 10.1. The van der Waals surface area contributed by atoms with Crippen LogP contribution in [0.25, 0.3) is 11.0 Å². The van der Waals surface area contributed by atoms with Crippen molar-refractivity contribution in [1.82, 2.24) is 19.5 Å². The molecule has 168 valence electrons. The second-order valence-electron chi connectivity index (χ2n) is 7.14. The number of fused-ring (bicyclic) bond motifs is 1. The van der Waals surface area contributed by atoms with E-state index in [0.717, 1.165) is 5.69 Å². The van der Waals surface area contributed by atoms with Crippen LogP contribution >= 0.6 is 0 Å². The van der Waals surface area contributed by atoms with E-state index in [1.54, 1.807) is 22.8 Å². The fraction of sp³-hybridized carbons (Fsp3) is 0.136. The van der Waals surface area contributed by atoms with Crippen molar-refractivity contribution in [3.8, 4) is 0 Å². The maximum atomic E-state index is 12.9. The zero-order valence-corrected chi connectivity index (χ0v) is 18.6. The summed E-state index contributed by atoms with van der Waals surface area (Å²) in [5.41, 5.74) is 1.16. The molecule has 11 heteroatoms. The van der Waals surface area contributed by atoms with Crippen LogP contribution in [0.3, 0.4) is 0 Å². The normalized spacial score (nSPS) is 11.3. The van der Waals surface area contributed by atoms with Gasteiger partial charge in [-0.25, -0.2) is 28.1 Å². The van der Waals surface area contributed by atoms with Gasteiger partial charge >= 0.3 is 0 Å². The Morgan fingerprint density at radius 1 is 1.06 bits per heavy atom. The number of pyridine rings is 2. The predicted octanol–water partition coefficient (Wildman–Crippen LogP) is 2.57.